The molecule has 0 fully saturated rings. The first-order chi connectivity index (χ1) is 14.3. The lowest BCUT2D eigenvalue weighted by atomic mass is 10.0. The Hall–Kier alpha value is -3.17. The van der Waals surface area contributed by atoms with Crippen molar-refractivity contribution in [2.45, 2.75) is 26.3 Å². The van der Waals surface area contributed by atoms with E-state index in [0.717, 1.165) is 5.56 Å². The summed E-state index contributed by atoms with van der Waals surface area (Å²) >= 11 is 0. The van der Waals surface area contributed by atoms with Gasteiger partial charge in [-0.3, -0.25) is 19.2 Å². The molecule has 0 atom stereocenters. The summed E-state index contributed by atoms with van der Waals surface area (Å²) in [6.07, 6.45) is 0.444. The number of benzene rings is 1. The predicted molar refractivity (Wildman–Crippen MR) is 112 cm³/mol. The summed E-state index contributed by atoms with van der Waals surface area (Å²) in [5.41, 5.74) is 0.745. The molecule has 9 nitrogen and oxygen atoms in total. The van der Waals surface area contributed by atoms with Crippen molar-refractivity contribution in [3.8, 4) is 0 Å². The standard InChI is InChI=1S/C20H28BN3O6/c1-3-18(27)24(10-9-22-17(26)13-23(2)19(28)11-21)12-16(25)20(29)30-14-15-7-5-4-6-8-15/h4-8H,3,9-14,21H2,1-2H3,(H,22,26). The summed E-state index contributed by atoms with van der Waals surface area (Å²) in [6.45, 7) is 1.22. The molecule has 0 heterocycles. The van der Waals surface area contributed by atoms with Gasteiger partial charge in [0.1, 0.15) is 14.5 Å². The number of carbonyl (C=O) groups is 5. The summed E-state index contributed by atoms with van der Waals surface area (Å²) in [6, 6.07) is 8.93. The van der Waals surface area contributed by atoms with E-state index in [1.807, 2.05) is 6.07 Å². The van der Waals surface area contributed by atoms with Crippen molar-refractivity contribution in [1.29, 1.82) is 0 Å². The number of rotatable bonds is 12. The number of nitrogens with zero attached hydrogens (tertiary/aromatic N) is 2. The minimum absolute atomic E-state index is 0.0345. The molecule has 0 bridgehead atoms. The zero-order valence-corrected chi connectivity index (χ0v) is 17.7. The highest BCUT2D eigenvalue weighted by Crippen LogP contribution is 2.02. The maximum Gasteiger partial charge on any atom is 0.376 e. The second-order valence-corrected chi connectivity index (χ2v) is 6.61. The van der Waals surface area contributed by atoms with Crippen LogP contribution in [0.25, 0.3) is 0 Å². The SMILES string of the molecule is BCC(=O)N(C)CC(=O)NCCN(CC(=O)C(=O)OCc1ccccc1)C(=O)CC. The number of hydrogen-bond donors (Lipinski definition) is 1. The van der Waals surface area contributed by atoms with Gasteiger partial charge in [-0.2, -0.15) is 0 Å². The lowest BCUT2D eigenvalue weighted by Gasteiger charge is -2.22. The monoisotopic (exact) mass is 417 g/mol. The number of nitrogens with one attached hydrogen (secondary N) is 1. The Morgan fingerprint density at radius 1 is 1.03 bits per heavy atom. The van der Waals surface area contributed by atoms with Crippen LogP contribution in [0.5, 0.6) is 0 Å². The number of ether oxygens (including phenoxy) is 1. The Morgan fingerprint density at radius 2 is 1.70 bits per heavy atom. The Labute approximate surface area is 177 Å². The third-order valence-corrected chi connectivity index (χ3v) is 4.24. The van der Waals surface area contributed by atoms with Gasteiger partial charge in [0.25, 0.3) is 5.78 Å². The first kappa shape index (κ1) is 24.9. The molecular formula is C20H28BN3O6. The number of Topliss-reactive ketones (excluding diaryl/α,β-unsaturated/α-hetero) is 1. The van der Waals surface area contributed by atoms with Crippen molar-refractivity contribution in [3.63, 3.8) is 0 Å². The van der Waals surface area contributed by atoms with Crippen molar-refractivity contribution in [1.82, 2.24) is 15.1 Å². The molecule has 1 aromatic carbocycles. The lowest BCUT2D eigenvalue weighted by Crippen LogP contribution is -2.44. The second kappa shape index (κ2) is 13.1. The molecule has 1 aromatic rings. The number of carbonyl (C=O) groups excluding carboxylic acids is 5. The molecule has 0 aliphatic rings. The fourth-order valence-corrected chi connectivity index (χ4v) is 2.52. The van der Waals surface area contributed by atoms with Crippen LogP contribution in [0.4, 0.5) is 0 Å². The van der Waals surface area contributed by atoms with Gasteiger partial charge in [-0.15, -0.1) is 0 Å². The molecule has 30 heavy (non-hydrogen) atoms. The Balaban J connectivity index is 2.49. The van der Waals surface area contributed by atoms with E-state index in [0.29, 0.717) is 6.32 Å². The molecule has 10 heteroatoms. The van der Waals surface area contributed by atoms with Gasteiger partial charge in [-0.1, -0.05) is 37.3 Å². The quantitative estimate of drug-likeness (QED) is 0.270. The number of ketones is 1. The fraction of sp³-hybridized carbons (Fsp3) is 0.450. The van der Waals surface area contributed by atoms with Crippen LogP contribution in [0.15, 0.2) is 30.3 Å². The van der Waals surface area contributed by atoms with Gasteiger partial charge < -0.3 is 19.9 Å². The molecule has 0 aromatic heterocycles. The first-order valence-electron chi connectivity index (χ1n) is 9.80. The van der Waals surface area contributed by atoms with Crippen LogP contribution in [-0.2, 0) is 35.3 Å². The van der Waals surface area contributed by atoms with Gasteiger partial charge in [0.2, 0.25) is 17.7 Å². The van der Waals surface area contributed by atoms with E-state index in [1.54, 1.807) is 39.0 Å². The van der Waals surface area contributed by atoms with Crippen molar-refractivity contribution in [2.75, 3.05) is 33.2 Å². The van der Waals surface area contributed by atoms with Crippen LogP contribution < -0.4 is 5.32 Å². The zero-order valence-electron chi connectivity index (χ0n) is 17.7. The topological polar surface area (TPSA) is 113 Å². The lowest BCUT2D eigenvalue weighted by molar-refractivity contribution is -0.156. The van der Waals surface area contributed by atoms with E-state index in [2.05, 4.69) is 5.32 Å². The van der Waals surface area contributed by atoms with Crippen LogP contribution >= 0.6 is 0 Å². The number of amides is 3. The van der Waals surface area contributed by atoms with Crippen molar-refractivity contribution >= 4 is 37.3 Å². The minimum Gasteiger partial charge on any atom is -0.455 e. The highest BCUT2D eigenvalue weighted by Gasteiger charge is 2.22. The normalized spacial score (nSPS) is 10.1. The van der Waals surface area contributed by atoms with Gasteiger partial charge in [-0.25, -0.2) is 4.79 Å². The van der Waals surface area contributed by atoms with E-state index in [1.165, 1.54) is 16.8 Å². The third-order valence-electron chi connectivity index (χ3n) is 4.24. The van der Waals surface area contributed by atoms with Crippen LogP contribution in [-0.4, -0.2) is 80.3 Å². The van der Waals surface area contributed by atoms with E-state index in [9.17, 15) is 24.0 Å². The molecule has 0 radical (unpaired) electrons. The average Bonchev–Trinajstić information content (AvgIpc) is 2.75. The van der Waals surface area contributed by atoms with Crippen LogP contribution in [0.2, 0.25) is 6.32 Å². The molecule has 1 rings (SSSR count). The molecule has 0 spiro atoms. The van der Waals surface area contributed by atoms with E-state index < -0.39 is 18.3 Å². The molecule has 0 unspecified atom stereocenters. The number of hydrogen-bond acceptors (Lipinski definition) is 6. The molecule has 162 valence electrons. The van der Waals surface area contributed by atoms with Crippen molar-refractivity contribution in [3.05, 3.63) is 35.9 Å². The summed E-state index contributed by atoms with van der Waals surface area (Å²) in [7, 11) is 3.23. The summed E-state index contributed by atoms with van der Waals surface area (Å²) < 4.78 is 4.99. The smallest absolute Gasteiger partial charge is 0.376 e. The molecule has 0 aliphatic carbocycles. The number of likely N-dealkylation sites (N-methyl/N-ethyl adjacent to an activating group) is 1. The van der Waals surface area contributed by atoms with Crippen molar-refractivity contribution in [2.24, 2.45) is 0 Å². The fourth-order valence-electron chi connectivity index (χ4n) is 2.52. The number of esters is 1. The third kappa shape index (κ3) is 8.89. The minimum atomic E-state index is -1.02. The van der Waals surface area contributed by atoms with E-state index in [4.69, 9.17) is 4.74 Å². The van der Waals surface area contributed by atoms with Gasteiger partial charge in [0.15, 0.2) is 0 Å². The van der Waals surface area contributed by atoms with Gasteiger partial charge in [-0.05, 0) is 11.9 Å². The van der Waals surface area contributed by atoms with Crippen LogP contribution in [0.3, 0.4) is 0 Å². The molecule has 3 amide bonds. The first-order valence-corrected chi connectivity index (χ1v) is 9.80. The van der Waals surface area contributed by atoms with Gasteiger partial charge in [0.05, 0.1) is 13.1 Å². The van der Waals surface area contributed by atoms with Crippen LogP contribution in [0.1, 0.15) is 18.9 Å². The largest absolute Gasteiger partial charge is 0.455 e. The molecule has 1 N–H and O–H groups in total. The van der Waals surface area contributed by atoms with E-state index in [-0.39, 0.29) is 50.4 Å². The highest BCUT2D eigenvalue weighted by molar-refractivity contribution is 6.34. The molecule has 0 saturated carbocycles. The molecular weight excluding hydrogens is 389 g/mol. The summed E-state index contributed by atoms with van der Waals surface area (Å²) in [5.74, 6) is -2.72. The molecule has 0 aliphatic heterocycles. The van der Waals surface area contributed by atoms with Crippen LogP contribution in [0, 0.1) is 0 Å². The van der Waals surface area contributed by atoms with Gasteiger partial charge >= 0.3 is 5.97 Å². The maximum atomic E-state index is 12.1. The van der Waals surface area contributed by atoms with E-state index >= 15 is 0 Å². The Morgan fingerprint density at radius 3 is 2.30 bits per heavy atom. The summed E-state index contributed by atoms with van der Waals surface area (Å²) in [5, 5.41) is 2.60. The zero-order chi connectivity index (χ0) is 22.5. The highest BCUT2D eigenvalue weighted by atomic mass is 16.5. The van der Waals surface area contributed by atoms with Crippen molar-refractivity contribution < 1.29 is 28.7 Å². The maximum absolute atomic E-state index is 12.1. The second-order valence-electron chi connectivity index (χ2n) is 6.61. The predicted octanol–water partition coefficient (Wildman–Crippen LogP) is -0.836. The summed E-state index contributed by atoms with van der Waals surface area (Å²) in [4.78, 5) is 62.1. The average molecular weight is 417 g/mol. The Bertz CT molecular complexity index is 756. The molecule has 0 saturated heterocycles. The van der Waals surface area contributed by atoms with Gasteiger partial charge in [0, 0.05) is 26.6 Å². The Kier molecular flexibility index (Phi) is 10.9.